The van der Waals surface area contributed by atoms with Crippen molar-refractivity contribution in [3.05, 3.63) is 42.7 Å². The van der Waals surface area contributed by atoms with E-state index in [9.17, 15) is 4.79 Å². The van der Waals surface area contributed by atoms with Gasteiger partial charge in [0.05, 0.1) is 6.61 Å². The average molecular weight is 469 g/mol. The minimum absolute atomic E-state index is 0. The van der Waals surface area contributed by atoms with Crippen molar-refractivity contribution in [3.63, 3.8) is 0 Å². The lowest BCUT2D eigenvalue weighted by Gasteiger charge is -2.04. The van der Waals surface area contributed by atoms with E-state index >= 15 is 0 Å². The number of ether oxygens (including phenoxy) is 1. The van der Waals surface area contributed by atoms with Crippen molar-refractivity contribution in [2.24, 2.45) is 0 Å². The summed E-state index contributed by atoms with van der Waals surface area (Å²) in [5, 5.41) is 0. The zero-order chi connectivity index (χ0) is 20.3. The van der Waals surface area contributed by atoms with Crippen LogP contribution in [0.2, 0.25) is 0 Å². The highest BCUT2D eigenvalue weighted by Gasteiger charge is 2.03. The third-order valence-corrected chi connectivity index (χ3v) is 5.37. The molecule has 4 heteroatoms. The summed E-state index contributed by atoms with van der Waals surface area (Å²) in [6.07, 6.45) is 21.9. The summed E-state index contributed by atoms with van der Waals surface area (Å²) in [6, 6.07) is 6.42. The van der Waals surface area contributed by atoms with Gasteiger partial charge in [-0.2, -0.15) is 0 Å². The molecule has 3 nitrogen and oxygen atoms in total. The number of rotatable bonds is 18. The van der Waals surface area contributed by atoms with Crippen LogP contribution in [0.3, 0.4) is 0 Å². The number of halogens is 1. The number of carbonyl (C=O) groups is 1. The maximum absolute atomic E-state index is 10.9. The minimum Gasteiger partial charge on any atom is -1.00 e. The highest BCUT2D eigenvalue weighted by atomic mass is 79.9. The summed E-state index contributed by atoms with van der Waals surface area (Å²) in [4.78, 5) is 10.9. The quantitative estimate of drug-likeness (QED) is 0.143. The van der Waals surface area contributed by atoms with E-state index in [1.807, 2.05) is 0 Å². The summed E-state index contributed by atoms with van der Waals surface area (Å²) in [6.45, 7) is 7.27. The van der Waals surface area contributed by atoms with Crippen LogP contribution >= 0.6 is 0 Å². The normalized spacial score (nSPS) is 10.4. The van der Waals surface area contributed by atoms with Crippen molar-refractivity contribution in [2.45, 2.75) is 103 Å². The Morgan fingerprint density at radius 1 is 0.862 bits per heavy atom. The first-order valence-corrected chi connectivity index (χ1v) is 11.5. The zero-order valence-electron chi connectivity index (χ0n) is 18.5. The van der Waals surface area contributed by atoms with E-state index in [0.717, 1.165) is 19.4 Å². The number of esters is 1. The summed E-state index contributed by atoms with van der Waals surface area (Å²) in [7, 11) is 0. The third-order valence-electron chi connectivity index (χ3n) is 5.37. The lowest BCUT2D eigenvalue weighted by Crippen LogP contribution is -3.00. The number of hydrogen-bond donors (Lipinski definition) is 0. The standard InChI is InChI=1S/C25H42NO2.BrH/c1-3-25(27)28-23-19-15-13-11-9-7-5-4-6-8-10-12-14-17-21-26-22-18-16-20-24(26)2;/h3,16,18,20,22H,1,4-15,17,19,21,23H2,2H3;1H/q+1;/p-1. The number of aryl methyl sites for hydroxylation is 2. The smallest absolute Gasteiger partial charge is 0.330 e. The fourth-order valence-electron chi connectivity index (χ4n) is 3.55. The monoisotopic (exact) mass is 467 g/mol. The van der Waals surface area contributed by atoms with Gasteiger partial charge in [0, 0.05) is 31.6 Å². The van der Waals surface area contributed by atoms with Gasteiger partial charge in [-0.15, -0.1) is 0 Å². The maximum Gasteiger partial charge on any atom is 0.330 e. The van der Waals surface area contributed by atoms with Gasteiger partial charge in [-0.05, 0) is 12.8 Å². The molecule has 1 aromatic heterocycles. The fraction of sp³-hybridized carbons (Fsp3) is 0.680. The van der Waals surface area contributed by atoms with Crippen LogP contribution in [0.15, 0.2) is 37.1 Å². The van der Waals surface area contributed by atoms with Gasteiger partial charge in [0.1, 0.15) is 6.54 Å². The number of pyridine rings is 1. The summed E-state index contributed by atoms with van der Waals surface area (Å²) < 4.78 is 7.33. The SMILES string of the molecule is C=CC(=O)OCCCCCCCCCCCCCCCC[n+]1ccccc1C.[Br-]. The third kappa shape index (κ3) is 16.3. The molecule has 0 fully saturated rings. The van der Waals surface area contributed by atoms with Crippen LogP contribution < -0.4 is 21.5 Å². The molecule has 1 rings (SSSR count). The van der Waals surface area contributed by atoms with Crippen molar-refractivity contribution < 1.29 is 31.1 Å². The number of carbonyl (C=O) groups excluding carboxylic acids is 1. The maximum atomic E-state index is 10.9. The Morgan fingerprint density at radius 3 is 1.83 bits per heavy atom. The van der Waals surface area contributed by atoms with Crippen LogP contribution in [0.5, 0.6) is 0 Å². The van der Waals surface area contributed by atoms with Gasteiger partial charge >= 0.3 is 5.97 Å². The molecule has 0 aliphatic rings. The van der Waals surface area contributed by atoms with Crippen LogP contribution in [0, 0.1) is 6.92 Å². The van der Waals surface area contributed by atoms with Gasteiger partial charge in [-0.3, -0.25) is 0 Å². The predicted octanol–water partition coefficient (Wildman–Crippen LogP) is 3.48. The minimum atomic E-state index is -0.304. The second-order valence-corrected chi connectivity index (χ2v) is 7.86. The van der Waals surface area contributed by atoms with E-state index in [1.165, 1.54) is 88.8 Å². The molecule has 29 heavy (non-hydrogen) atoms. The number of unbranched alkanes of at least 4 members (excludes halogenated alkanes) is 13. The first-order chi connectivity index (χ1) is 13.7. The van der Waals surface area contributed by atoms with Crippen LogP contribution in [0.4, 0.5) is 0 Å². The van der Waals surface area contributed by atoms with E-state index in [1.54, 1.807) is 0 Å². The number of aromatic nitrogens is 1. The Balaban J connectivity index is 0.00000784. The number of hydrogen-bond acceptors (Lipinski definition) is 2. The van der Waals surface area contributed by atoms with Crippen LogP contribution in [0.1, 0.15) is 95.6 Å². The molecule has 166 valence electrons. The van der Waals surface area contributed by atoms with E-state index in [2.05, 4.69) is 42.5 Å². The molecule has 0 radical (unpaired) electrons. The molecule has 0 atom stereocenters. The molecule has 1 heterocycles. The lowest BCUT2D eigenvalue weighted by molar-refractivity contribution is -0.703. The molecular formula is C25H42BrNO2. The summed E-state index contributed by atoms with van der Waals surface area (Å²) >= 11 is 0. The highest BCUT2D eigenvalue weighted by Crippen LogP contribution is 2.13. The van der Waals surface area contributed by atoms with Gasteiger partial charge in [0.2, 0.25) is 0 Å². The Morgan fingerprint density at radius 2 is 1.34 bits per heavy atom. The summed E-state index contributed by atoms with van der Waals surface area (Å²) in [5.41, 5.74) is 1.36. The highest BCUT2D eigenvalue weighted by molar-refractivity contribution is 5.81. The van der Waals surface area contributed by atoms with Gasteiger partial charge < -0.3 is 21.7 Å². The number of nitrogens with zero attached hydrogens (tertiary/aromatic N) is 1. The second kappa shape index (κ2) is 20.1. The van der Waals surface area contributed by atoms with E-state index in [0.29, 0.717) is 6.61 Å². The van der Waals surface area contributed by atoms with Crippen molar-refractivity contribution in [2.75, 3.05) is 6.61 Å². The molecule has 0 aliphatic carbocycles. The van der Waals surface area contributed by atoms with Crippen molar-refractivity contribution >= 4 is 5.97 Å². The average Bonchev–Trinajstić information content (AvgIpc) is 2.71. The van der Waals surface area contributed by atoms with Gasteiger partial charge in [0.15, 0.2) is 11.9 Å². The molecule has 0 bridgehead atoms. The Kier molecular flexibility index (Phi) is 19.3. The van der Waals surface area contributed by atoms with Crippen molar-refractivity contribution in [1.29, 1.82) is 0 Å². The molecule has 0 amide bonds. The van der Waals surface area contributed by atoms with E-state index < -0.39 is 0 Å². The molecular weight excluding hydrogens is 426 g/mol. The molecule has 0 aromatic carbocycles. The Labute approximate surface area is 189 Å². The van der Waals surface area contributed by atoms with Crippen LogP contribution in [-0.2, 0) is 16.1 Å². The van der Waals surface area contributed by atoms with E-state index in [4.69, 9.17) is 4.74 Å². The molecule has 0 unspecified atom stereocenters. The lowest BCUT2D eigenvalue weighted by atomic mass is 10.0. The van der Waals surface area contributed by atoms with Crippen molar-refractivity contribution in [1.82, 2.24) is 0 Å². The predicted molar refractivity (Wildman–Crippen MR) is 117 cm³/mol. The first-order valence-electron chi connectivity index (χ1n) is 11.5. The van der Waals surface area contributed by atoms with E-state index in [-0.39, 0.29) is 23.0 Å². The molecule has 0 saturated heterocycles. The van der Waals surface area contributed by atoms with Crippen molar-refractivity contribution in [3.8, 4) is 0 Å². The molecule has 1 aromatic rings. The molecule has 0 N–H and O–H groups in total. The molecule has 0 aliphatic heterocycles. The zero-order valence-corrected chi connectivity index (χ0v) is 20.1. The second-order valence-electron chi connectivity index (χ2n) is 7.86. The van der Waals surface area contributed by atoms with Gasteiger partial charge in [0.25, 0.3) is 0 Å². The molecule has 0 saturated carbocycles. The Bertz CT molecular complexity index is 533. The first kappa shape index (κ1) is 27.8. The van der Waals surface area contributed by atoms with Gasteiger partial charge in [-0.1, -0.05) is 83.3 Å². The largest absolute Gasteiger partial charge is 1.00 e. The summed E-state index contributed by atoms with van der Waals surface area (Å²) in [5.74, 6) is -0.304. The van der Waals surface area contributed by atoms with Crippen LogP contribution in [-0.4, -0.2) is 12.6 Å². The van der Waals surface area contributed by atoms with Gasteiger partial charge in [-0.25, -0.2) is 9.36 Å². The Hall–Kier alpha value is -1.16. The van der Waals surface area contributed by atoms with Crippen LogP contribution in [0.25, 0.3) is 0 Å². The fourth-order valence-corrected chi connectivity index (χ4v) is 3.55. The molecule has 0 spiro atoms. The topological polar surface area (TPSA) is 30.2 Å².